The van der Waals surface area contributed by atoms with Gasteiger partial charge in [0.25, 0.3) is 5.91 Å². The number of ether oxygens (including phenoxy) is 1. The summed E-state index contributed by atoms with van der Waals surface area (Å²) < 4.78 is 5.19. The van der Waals surface area contributed by atoms with E-state index in [9.17, 15) is 14.9 Å². The zero-order chi connectivity index (χ0) is 17.5. The van der Waals surface area contributed by atoms with Crippen LogP contribution >= 0.6 is 11.6 Å². The Morgan fingerprint density at radius 2 is 2.17 bits per heavy atom. The Bertz CT molecular complexity index is 793. The maximum Gasteiger partial charge on any atom is 0.311 e. The molecule has 1 N–H and O–H groups in total. The van der Waals surface area contributed by atoms with Crippen LogP contribution in [0.25, 0.3) is 0 Å². The number of benzene rings is 2. The molecule has 0 bridgehead atoms. The van der Waals surface area contributed by atoms with Crippen molar-refractivity contribution in [3.63, 3.8) is 0 Å². The van der Waals surface area contributed by atoms with E-state index >= 15 is 0 Å². The molecule has 2 aromatic carbocycles. The van der Waals surface area contributed by atoms with Gasteiger partial charge in [-0.25, -0.2) is 5.43 Å². The van der Waals surface area contributed by atoms with Gasteiger partial charge in [-0.3, -0.25) is 14.9 Å². The molecular weight excluding hydrogens is 334 g/mol. The van der Waals surface area contributed by atoms with E-state index in [2.05, 4.69) is 10.5 Å². The summed E-state index contributed by atoms with van der Waals surface area (Å²) in [6.45, 7) is 1.34. The van der Waals surface area contributed by atoms with E-state index < -0.39 is 17.4 Å². The number of hydrogen-bond acceptors (Lipinski definition) is 5. The molecule has 0 saturated heterocycles. The standard InChI is InChI=1S/C16H14ClN3O4/c1-11-5-6-15(14(7-11)20(22)23)24-10-16(21)19-18-9-12-3-2-4-13(17)8-12/h2-9H,10H2,1H3,(H,19,21)/b18-9-. The Morgan fingerprint density at radius 3 is 2.88 bits per heavy atom. The first-order valence-corrected chi connectivity index (χ1v) is 7.29. The van der Waals surface area contributed by atoms with E-state index in [-0.39, 0.29) is 11.4 Å². The van der Waals surface area contributed by atoms with Crippen molar-refractivity contribution in [3.8, 4) is 5.75 Å². The number of hydrazone groups is 1. The van der Waals surface area contributed by atoms with Gasteiger partial charge in [-0.2, -0.15) is 5.10 Å². The van der Waals surface area contributed by atoms with Crippen molar-refractivity contribution in [3.05, 3.63) is 68.7 Å². The van der Waals surface area contributed by atoms with E-state index in [1.165, 1.54) is 18.3 Å². The largest absolute Gasteiger partial charge is 0.477 e. The summed E-state index contributed by atoms with van der Waals surface area (Å²) in [7, 11) is 0. The molecule has 0 aliphatic heterocycles. The van der Waals surface area contributed by atoms with Gasteiger partial charge in [-0.1, -0.05) is 29.8 Å². The molecule has 0 radical (unpaired) electrons. The number of nitrogens with one attached hydrogen (secondary N) is 1. The average molecular weight is 348 g/mol. The minimum absolute atomic E-state index is 0.0274. The third kappa shape index (κ3) is 5.06. The highest BCUT2D eigenvalue weighted by Gasteiger charge is 2.16. The third-order valence-corrected chi connectivity index (χ3v) is 3.16. The SMILES string of the molecule is Cc1ccc(OCC(=O)N/N=C\c2cccc(Cl)c2)c([N+](=O)[O-])c1. The predicted octanol–water partition coefficient (Wildman–Crippen LogP) is 3.09. The van der Waals surface area contributed by atoms with E-state index in [0.717, 1.165) is 11.1 Å². The van der Waals surface area contributed by atoms with Crippen molar-refractivity contribution in [2.75, 3.05) is 6.61 Å². The lowest BCUT2D eigenvalue weighted by Crippen LogP contribution is -2.24. The summed E-state index contributed by atoms with van der Waals surface area (Å²) in [5.41, 5.74) is 3.53. The van der Waals surface area contributed by atoms with Crippen molar-refractivity contribution in [1.82, 2.24) is 5.43 Å². The smallest absolute Gasteiger partial charge is 0.311 e. The quantitative estimate of drug-likeness (QED) is 0.493. The highest BCUT2D eigenvalue weighted by atomic mass is 35.5. The molecule has 124 valence electrons. The first-order valence-electron chi connectivity index (χ1n) is 6.91. The summed E-state index contributed by atoms with van der Waals surface area (Å²) in [5.74, 6) is -0.511. The molecule has 0 spiro atoms. The minimum Gasteiger partial charge on any atom is -0.477 e. The first kappa shape index (κ1) is 17.4. The van der Waals surface area contributed by atoms with Crippen LogP contribution in [0.5, 0.6) is 5.75 Å². The van der Waals surface area contributed by atoms with Crippen LogP contribution in [-0.4, -0.2) is 23.7 Å². The average Bonchev–Trinajstić information content (AvgIpc) is 2.53. The molecule has 8 heteroatoms. The molecule has 0 aliphatic carbocycles. The highest BCUT2D eigenvalue weighted by molar-refractivity contribution is 6.30. The summed E-state index contributed by atoms with van der Waals surface area (Å²) in [4.78, 5) is 22.1. The van der Waals surface area contributed by atoms with Gasteiger partial charge in [0, 0.05) is 11.1 Å². The van der Waals surface area contributed by atoms with Gasteiger partial charge in [0.2, 0.25) is 0 Å². The molecule has 0 aromatic heterocycles. The number of nitro benzene ring substituents is 1. The van der Waals surface area contributed by atoms with Crippen LogP contribution in [0, 0.1) is 17.0 Å². The summed E-state index contributed by atoms with van der Waals surface area (Å²) in [6.07, 6.45) is 1.43. The van der Waals surface area contributed by atoms with Crippen LogP contribution in [0.15, 0.2) is 47.6 Å². The Balaban J connectivity index is 1.91. The maximum atomic E-state index is 11.7. The summed E-state index contributed by atoms with van der Waals surface area (Å²) in [6, 6.07) is 11.4. The lowest BCUT2D eigenvalue weighted by molar-refractivity contribution is -0.385. The van der Waals surface area contributed by atoms with Gasteiger partial charge in [-0.05, 0) is 36.2 Å². The van der Waals surface area contributed by atoms with Crippen LogP contribution in [0.3, 0.4) is 0 Å². The molecule has 0 fully saturated rings. The van der Waals surface area contributed by atoms with Gasteiger partial charge in [0.05, 0.1) is 11.1 Å². The number of carbonyl (C=O) groups excluding carboxylic acids is 1. The number of amides is 1. The summed E-state index contributed by atoms with van der Waals surface area (Å²) in [5, 5.41) is 15.3. The highest BCUT2D eigenvalue weighted by Crippen LogP contribution is 2.27. The topological polar surface area (TPSA) is 93.8 Å². The van der Waals surface area contributed by atoms with Crippen LogP contribution in [-0.2, 0) is 4.79 Å². The number of nitrogens with zero attached hydrogens (tertiary/aromatic N) is 2. The Labute approximate surface area is 143 Å². The van der Waals surface area contributed by atoms with E-state index in [4.69, 9.17) is 16.3 Å². The second kappa shape index (κ2) is 8.07. The van der Waals surface area contributed by atoms with Gasteiger partial charge >= 0.3 is 5.69 Å². The Kier molecular flexibility index (Phi) is 5.86. The number of carbonyl (C=O) groups is 1. The normalized spacial score (nSPS) is 10.6. The Morgan fingerprint density at radius 1 is 1.38 bits per heavy atom. The van der Waals surface area contributed by atoms with Crippen molar-refractivity contribution in [2.45, 2.75) is 6.92 Å². The van der Waals surface area contributed by atoms with Crippen LogP contribution in [0.1, 0.15) is 11.1 Å². The van der Waals surface area contributed by atoms with Crippen molar-refractivity contribution in [1.29, 1.82) is 0 Å². The molecule has 2 aromatic rings. The van der Waals surface area contributed by atoms with Crippen LogP contribution in [0.2, 0.25) is 5.02 Å². The van der Waals surface area contributed by atoms with Crippen LogP contribution in [0.4, 0.5) is 5.69 Å². The maximum absolute atomic E-state index is 11.7. The fraction of sp³-hybridized carbons (Fsp3) is 0.125. The molecule has 0 heterocycles. The molecule has 2 rings (SSSR count). The summed E-state index contributed by atoms with van der Waals surface area (Å²) >= 11 is 5.83. The first-order chi connectivity index (χ1) is 11.5. The third-order valence-electron chi connectivity index (χ3n) is 2.92. The fourth-order valence-electron chi connectivity index (χ4n) is 1.83. The lowest BCUT2D eigenvalue weighted by Gasteiger charge is -2.06. The molecule has 24 heavy (non-hydrogen) atoms. The number of hydrogen-bond donors (Lipinski definition) is 1. The molecule has 7 nitrogen and oxygen atoms in total. The number of halogens is 1. The zero-order valence-corrected chi connectivity index (χ0v) is 13.5. The van der Waals surface area contributed by atoms with Gasteiger partial charge in [0.15, 0.2) is 12.4 Å². The second-order valence-corrected chi connectivity index (χ2v) is 5.30. The predicted molar refractivity (Wildman–Crippen MR) is 90.5 cm³/mol. The fourth-order valence-corrected chi connectivity index (χ4v) is 2.03. The van der Waals surface area contributed by atoms with Crippen molar-refractivity contribution < 1.29 is 14.5 Å². The number of aryl methyl sites for hydroxylation is 1. The lowest BCUT2D eigenvalue weighted by atomic mass is 10.2. The van der Waals surface area contributed by atoms with E-state index in [0.29, 0.717) is 5.02 Å². The Hall–Kier alpha value is -2.93. The monoisotopic (exact) mass is 347 g/mol. The van der Waals surface area contributed by atoms with Gasteiger partial charge in [-0.15, -0.1) is 0 Å². The number of rotatable bonds is 6. The molecule has 0 unspecified atom stereocenters. The molecular formula is C16H14ClN3O4. The van der Waals surface area contributed by atoms with Gasteiger partial charge in [0.1, 0.15) is 0 Å². The molecule has 0 atom stereocenters. The van der Waals surface area contributed by atoms with Crippen molar-refractivity contribution >= 4 is 29.4 Å². The minimum atomic E-state index is -0.558. The molecule has 1 amide bonds. The second-order valence-electron chi connectivity index (χ2n) is 4.87. The zero-order valence-electron chi connectivity index (χ0n) is 12.7. The molecule has 0 aliphatic rings. The van der Waals surface area contributed by atoms with E-state index in [1.807, 2.05) is 0 Å². The van der Waals surface area contributed by atoms with E-state index in [1.54, 1.807) is 37.3 Å². The van der Waals surface area contributed by atoms with Crippen LogP contribution < -0.4 is 10.2 Å². The van der Waals surface area contributed by atoms with Gasteiger partial charge < -0.3 is 4.74 Å². The number of nitro groups is 1. The molecule has 0 saturated carbocycles. The van der Waals surface area contributed by atoms with Crippen molar-refractivity contribution in [2.24, 2.45) is 5.10 Å².